The first kappa shape index (κ1) is 32.4. The van der Waals surface area contributed by atoms with E-state index < -0.39 is 29.5 Å². The van der Waals surface area contributed by atoms with E-state index in [2.05, 4.69) is 11.4 Å². The van der Waals surface area contributed by atoms with Gasteiger partial charge < -0.3 is 25.0 Å². The largest absolute Gasteiger partial charge is 0.490 e. The fraction of sp³-hybridized carbons (Fsp3) is 0.433. The second kappa shape index (κ2) is 12.6. The number of nitriles is 1. The minimum Gasteiger partial charge on any atom is -0.475 e. The Morgan fingerprint density at radius 2 is 1.91 bits per heavy atom. The van der Waals surface area contributed by atoms with E-state index in [0.29, 0.717) is 42.8 Å². The number of fused-ring (bicyclic) bond motifs is 3. The Morgan fingerprint density at radius 3 is 2.45 bits per heavy atom. The molecule has 0 spiro atoms. The number of aliphatic carboxylic acids is 1. The number of hydrogen-bond donors (Lipinski definition) is 3. The molecule has 2 unspecified atom stereocenters. The Morgan fingerprint density at radius 1 is 1.23 bits per heavy atom. The zero-order chi connectivity index (χ0) is 32.4. The summed E-state index contributed by atoms with van der Waals surface area (Å²) in [5, 5.41) is 21.3. The fourth-order valence-electron chi connectivity index (χ4n) is 5.19. The molecule has 2 fully saturated rings. The molecule has 11 nitrogen and oxygen atoms in total. The van der Waals surface area contributed by atoms with Crippen molar-refractivity contribution in [1.29, 1.82) is 5.26 Å². The summed E-state index contributed by atoms with van der Waals surface area (Å²) in [7, 11) is 1.92. The number of nitrogens with one attached hydrogen (secondary N) is 1. The molecule has 2 aliphatic rings. The number of carboxylic acids is 1. The Hall–Kier alpha value is -4.48. The molecule has 2 aromatic carbocycles. The molecular weight excluding hydrogens is 583 g/mol. The van der Waals surface area contributed by atoms with Gasteiger partial charge in [0.2, 0.25) is 11.8 Å². The second-order valence-corrected chi connectivity index (χ2v) is 11.3. The maximum atomic E-state index is 12.7. The monoisotopic (exact) mass is 615 g/mol. The molecule has 1 aliphatic heterocycles. The molecule has 1 saturated heterocycles. The smallest absolute Gasteiger partial charge is 0.475 e. The van der Waals surface area contributed by atoms with Gasteiger partial charge in [0, 0.05) is 41.0 Å². The summed E-state index contributed by atoms with van der Waals surface area (Å²) in [6, 6.07) is 11.2. The average Bonchev–Trinajstić information content (AvgIpc) is 3.66. The Labute approximate surface area is 250 Å². The van der Waals surface area contributed by atoms with Crippen LogP contribution in [0.5, 0.6) is 0 Å². The van der Waals surface area contributed by atoms with Crippen molar-refractivity contribution in [2.75, 3.05) is 38.1 Å². The van der Waals surface area contributed by atoms with E-state index in [4.69, 9.17) is 20.1 Å². The van der Waals surface area contributed by atoms with Crippen LogP contribution in [0.15, 0.2) is 34.7 Å². The topological polar surface area (TPSA) is 170 Å². The van der Waals surface area contributed by atoms with Crippen molar-refractivity contribution in [2.24, 2.45) is 11.7 Å². The number of amides is 2. The summed E-state index contributed by atoms with van der Waals surface area (Å²) >= 11 is 0. The standard InChI is InChI=1S/C28H31N5O4.C2HF3O2/c1-17(13-31-28(16-29)5-6-28)9-19(15-34)21-10-18(27(30)36)11-24-26(21)22-12-20(3-4-23(22)37-24)33-8-7-32(2)14-25(33)35;3-2(4,5)1(6)7/h3-4,10-12,15,17,19,31H,5-9,13-14H2,1-2H3,(H2,30,36);(H,6,7). The predicted octanol–water partition coefficient (Wildman–Crippen LogP) is 3.55. The van der Waals surface area contributed by atoms with Crippen molar-refractivity contribution < 1.29 is 41.9 Å². The summed E-state index contributed by atoms with van der Waals surface area (Å²) in [6.07, 6.45) is -1.97. The number of nitrogens with two attached hydrogens (primary N) is 1. The van der Waals surface area contributed by atoms with Gasteiger partial charge in [0.05, 0.1) is 12.6 Å². The van der Waals surface area contributed by atoms with Crippen molar-refractivity contribution >= 4 is 51.7 Å². The molecule has 4 N–H and O–H groups in total. The minimum absolute atomic E-state index is 0.0232. The van der Waals surface area contributed by atoms with E-state index in [9.17, 15) is 32.8 Å². The van der Waals surface area contributed by atoms with Gasteiger partial charge in [-0.3, -0.25) is 19.8 Å². The number of benzene rings is 2. The number of carbonyl (C=O) groups is 4. The van der Waals surface area contributed by atoms with Crippen LogP contribution in [0.4, 0.5) is 18.9 Å². The normalized spacial score (nSPS) is 17.8. The molecule has 3 aromatic rings. The van der Waals surface area contributed by atoms with Gasteiger partial charge in [0.15, 0.2) is 0 Å². The number of primary amides is 1. The van der Waals surface area contributed by atoms with Crippen LogP contribution in [-0.2, 0) is 14.4 Å². The molecule has 2 heterocycles. The molecule has 44 heavy (non-hydrogen) atoms. The summed E-state index contributed by atoms with van der Waals surface area (Å²) in [6.45, 7) is 4.36. The van der Waals surface area contributed by atoms with Crippen LogP contribution < -0.4 is 16.0 Å². The first-order valence-electron chi connectivity index (χ1n) is 13.9. The summed E-state index contributed by atoms with van der Waals surface area (Å²) < 4.78 is 37.8. The summed E-state index contributed by atoms with van der Waals surface area (Å²) in [5.41, 5.74) is 7.99. The Balaban J connectivity index is 0.000000566. The zero-order valence-corrected chi connectivity index (χ0v) is 24.1. The molecule has 2 amide bonds. The number of hydrogen-bond acceptors (Lipinski definition) is 8. The third-order valence-electron chi connectivity index (χ3n) is 7.81. The van der Waals surface area contributed by atoms with Crippen LogP contribution in [0.3, 0.4) is 0 Å². The fourth-order valence-corrected chi connectivity index (χ4v) is 5.19. The number of anilines is 1. The maximum Gasteiger partial charge on any atom is 0.490 e. The van der Waals surface area contributed by atoms with Crippen molar-refractivity contribution in [3.05, 3.63) is 41.5 Å². The first-order chi connectivity index (χ1) is 20.7. The van der Waals surface area contributed by atoms with Crippen molar-refractivity contribution in [1.82, 2.24) is 10.2 Å². The van der Waals surface area contributed by atoms with E-state index in [0.717, 1.165) is 42.1 Å². The molecule has 2 atom stereocenters. The number of piperazine rings is 1. The molecule has 0 bridgehead atoms. The van der Waals surface area contributed by atoms with Crippen molar-refractivity contribution in [3.63, 3.8) is 0 Å². The van der Waals surface area contributed by atoms with Gasteiger partial charge in [-0.25, -0.2) is 4.79 Å². The number of carboxylic acid groups (broad SMARTS) is 1. The van der Waals surface area contributed by atoms with Gasteiger partial charge in [-0.2, -0.15) is 18.4 Å². The number of halogens is 3. The van der Waals surface area contributed by atoms with E-state index in [1.165, 1.54) is 0 Å². The van der Waals surface area contributed by atoms with Gasteiger partial charge in [0.1, 0.15) is 23.0 Å². The third kappa shape index (κ3) is 7.17. The molecule has 1 aliphatic carbocycles. The van der Waals surface area contributed by atoms with Gasteiger partial charge >= 0.3 is 12.1 Å². The lowest BCUT2D eigenvalue weighted by molar-refractivity contribution is -0.192. The maximum absolute atomic E-state index is 12.7. The molecule has 1 saturated carbocycles. The number of carbonyl (C=O) groups excluding carboxylic acids is 3. The van der Waals surface area contributed by atoms with Crippen LogP contribution in [0, 0.1) is 17.2 Å². The molecule has 234 valence electrons. The number of aldehydes is 1. The lowest BCUT2D eigenvalue weighted by Crippen LogP contribution is -2.48. The average molecular weight is 616 g/mol. The molecule has 5 rings (SSSR count). The quantitative estimate of drug-likeness (QED) is 0.305. The summed E-state index contributed by atoms with van der Waals surface area (Å²) in [5.74, 6) is -3.74. The van der Waals surface area contributed by atoms with E-state index >= 15 is 0 Å². The van der Waals surface area contributed by atoms with E-state index in [1.54, 1.807) is 17.0 Å². The first-order valence-corrected chi connectivity index (χ1v) is 13.9. The van der Waals surface area contributed by atoms with E-state index in [-0.39, 0.29) is 17.4 Å². The third-order valence-corrected chi connectivity index (χ3v) is 7.81. The lowest BCUT2D eigenvalue weighted by atomic mass is 9.86. The SMILES string of the molecule is CC(CNC1(C#N)CC1)CC(C=O)c1cc(C(N)=O)cc2oc3ccc(N4CCN(C)CC4=O)cc3c12.O=C(O)C(F)(F)F. The second-order valence-electron chi connectivity index (χ2n) is 11.3. The van der Waals surface area contributed by atoms with Crippen LogP contribution in [0.1, 0.15) is 48.0 Å². The van der Waals surface area contributed by atoms with Gasteiger partial charge in [0.25, 0.3) is 0 Å². The lowest BCUT2D eigenvalue weighted by Gasteiger charge is -2.32. The van der Waals surface area contributed by atoms with Crippen LogP contribution >= 0.6 is 0 Å². The van der Waals surface area contributed by atoms with E-state index in [1.807, 2.05) is 37.1 Å². The number of furan rings is 1. The van der Waals surface area contributed by atoms with Crippen LogP contribution in [0.25, 0.3) is 21.9 Å². The number of likely N-dealkylation sites (N-methyl/N-ethyl adjacent to an activating group) is 1. The predicted molar refractivity (Wildman–Crippen MR) is 154 cm³/mol. The van der Waals surface area contributed by atoms with Crippen LogP contribution in [-0.4, -0.2) is 79.0 Å². The Bertz CT molecular complexity index is 1640. The number of rotatable bonds is 9. The molecular formula is C30H32F3N5O6. The van der Waals surface area contributed by atoms with Crippen molar-refractivity contribution in [2.45, 2.75) is 43.8 Å². The highest BCUT2D eigenvalue weighted by molar-refractivity contribution is 6.11. The van der Waals surface area contributed by atoms with Gasteiger partial charge in [-0.15, -0.1) is 0 Å². The summed E-state index contributed by atoms with van der Waals surface area (Å²) in [4.78, 5) is 49.9. The molecule has 14 heteroatoms. The van der Waals surface area contributed by atoms with Gasteiger partial charge in [-0.05, 0) is 74.7 Å². The minimum atomic E-state index is -5.08. The van der Waals surface area contributed by atoms with Crippen molar-refractivity contribution in [3.8, 4) is 6.07 Å². The molecule has 1 aromatic heterocycles. The Kier molecular flexibility index (Phi) is 9.31. The number of nitrogens with zero attached hydrogens (tertiary/aromatic N) is 3. The van der Waals surface area contributed by atoms with Gasteiger partial charge in [-0.1, -0.05) is 6.92 Å². The highest BCUT2D eigenvalue weighted by atomic mass is 19.4. The zero-order valence-electron chi connectivity index (χ0n) is 24.1. The van der Waals surface area contributed by atoms with Crippen LogP contribution in [0.2, 0.25) is 0 Å². The molecule has 0 radical (unpaired) electrons. The highest BCUT2D eigenvalue weighted by Gasteiger charge is 2.43. The highest BCUT2D eigenvalue weighted by Crippen LogP contribution is 2.39. The number of alkyl halides is 3.